The van der Waals surface area contributed by atoms with Crippen LogP contribution in [0.2, 0.25) is 0 Å². The van der Waals surface area contributed by atoms with E-state index in [9.17, 15) is 65.4 Å². The number of carbonyl (C=O) groups excluding carboxylic acids is 3. The molecule has 9 rings (SSSR count). The monoisotopic (exact) mass is 1060 g/mol. The molecule has 75 heavy (non-hydrogen) atoms. The van der Waals surface area contributed by atoms with Crippen LogP contribution in [0.15, 0.2) is 29.9 Å². The van der Waals surface area contributed by atoms with Crippen LogP contribution in [0.4, 0.5) is 0 Å². The van der Waals surface area contributed by atoms with E-state index in [1.54, 1.807) is 13.0 Å². The molecule has 0 aromatic heterocycles. The molecule has 4 aliphatic carbocycles. The smallest absolute Gasteiger partial charge is 0.331 e. The third kappa shape index (κ3) is 9.92. The minimum Gasteiger partial charge on any atom is -0.502 e. The third-order valence-corrected chi connectivity index (χ3v) is 18.2. The number of carbonyl (C=O) groups is 3. The first kappa shape index (κ1) is 55.9. The highest BCUT2D eigenvalue weighted by Gasteiger charge is 2.72. The second-order valence-corrected chi connectivity index (χ2v) is 22.0. The molecule has 1 aromatic carbocycles. The van der Waals surface area contributed by atoms with Crippen LogP contribution in [-0.2, 0) is 52.3 Å². The maximum absolute atomic E-state index is 13.4. The number of rotatable bonds is 15. The lowest BCUT2D eigenvalue weighted by molar-refractivity contribution is -0.373. The van der Waals surface area contributed by atoms with Crippen molar-refractivity contribution in [1.82, 2.24) is 0 Å². The maximum Gasteiger partial charge on any atom is 0.331 e. The van der Waals surface area contributed by atoms with Gasteiger partial charge in [-0.1, -0.05) is 6.92 Å². The molecule has 4 aliphatic heterocycles. The molecule has 0 amide bonds. The van der Waals surface area contributed by atoms with E-state index in [0.717, 1.165) is 17.9 Å². The number of ether oxygens (including phenoxy) is 10. The summed E-state index contributed by atoms with van der Waals surface area (Å²) in [6.07, 6.45) is -13.6. The van der Waals surface area contributed by atoms with Gasteiger partial charge in [0.15, 0.2) is 30.4 Å². The molecule has 10 N–H and O–H groups in total. The van der Waals surface area contributed by atoms with Crippen LogP contribution in [-0.4, -0.2) is 207 Å². The Bertz CT molecular complexity index is 2270. The Balaban J connectivity index is 0.775. The largest absolute Gasteiger partial charge is 0.502 e. The molecule has 4 heterocycles. The number of phenolic OH excluding ortho intramolecular Hbond substituents is 1. The van der Waals surface area contributed by atoms with E-state index in [-0.39, 0.29) is 66.8 Å². The molecule has 3 saturated heterocycles. The summed E-state index contributed by atoms with van der Waals surface area (Å²) in [5, 5.41) is 112. The Morgan fingerprint density at radius 1 is 0.800 bits per heavy atom. The van der Waals surface area contributed by atoms with Crippen LogP contribution in [0.5, 0.6) is 17.2 Å². The highest BCUT2D eigenvalue weighted by Crippen LogP contribution is 2.70. The number of methoxy groups -OCH3 is 2. The second-order valence-electron chi connectivity index (χ2n) is 22.0. The first-order valence-corrected chi connectivity index (χ1v) is 25.8. The van der Waals surface area contributed by atoms with Gasteiger partial charge >= 0.3 is 11.9 Å². The molecular formula is C52H72O23. The van der Waals surface area contributed by atoms with Gasteiger partial charge in [-0.3, -0.25) is 0 Å². The lowest BCUT2D eigenvalue weighted by Gasteiger charge is -2.65. The zero-order valence-electron chi connectivity index (χ0n) is 42.3. The summed E-state index contributed by atoms with van der Waals surface area (Å²) in [6, 6.07) is 2.86. The van der Waals surface area contributed by atoms with Crippen LogP contribution < -0.4 is 9.47 Å². The van der Waals surface area contributed by atoms with Gasteiger partial charge in [0.2, 0.25) is 5.75 Å². The number of cyclic esters (lactones) is 1. The Morgan fingerprint density at radius 3 is 2.11 bits per heavy atom. The first-order chi connectivity index (χ1) is 35.6. The maximum atomic E-state index is 13.4. The van der Waals surface area contributed by atoms with Gasteiger partial charge in [-0.25, -0.2) is 9.59 Å². The fourth-order valence-electron chi connectivity index (χ4n) is 14.1. The summed E-state index contributed by atoms with van der Waals surface area (Å²) in [7, 11) is 2.66. The van der Waals surface area contributed by atoms with Crippen LogP contribution >= 0.6 is 0 Å². The van der Waals surface area contributed by atoms with Crippen molar-refractivity contribution >= 4 is 24.3 Å². The van der Waals surface area contributed by atoms with Crippen molar-refractivity contribution in [3.63, 3.8) is 0 Å². The number of phenols is 1. The average Bonchev–Trinajstić information content (AvgIpc) is 3.96. The molecule has 418 valence electrons. The molecule has 23 heteroatoms. The minimum atomic E-state index is -1.94. The number of aliphatic hydroxyl groups excluding tert-OH is 7. The fraction of sp³-hybridized carbons (Fsp3) is 0.750. The van der Waals surface area contributed by atoms with Gasteiger partial charge in [0.1, 0.15) is 74.4 Å². The molecular weight excluding hydrogens is 993 g/mol. The standard InChI is InChI=1S/C52H72O23/c1-24-45(31(55)18-38(70-24)71-27-7-12-50(23-54)29-8-11-49(2)28(26-17-37(57)68-21-26)10-14-52(49,65)30(29)9-13-51(50,64)19-27)74-48-44(63)42(61)46(34(20-53)72-48)75-47-43(62)41(60)40(59)35(73-47)22-69-36(56)6-5-25-15-32(66-3)39(58)33(16-25)67-4/h5-6,15-17,23-24,27-31,34-35,38,40-48,53,55,58-65H,7-14,18-22H2,1-4H3. The highest BCUT2D eigenvalue weighted by atomic mass is 16.8. The lowest BCUT2D eigenvalue weighted by Crippen LogP contribution is -2.69. The van der Waals surface area contributed by atoms with Crippen molar-refractivity contribution in [3.8, 4) is 17.2 Å². The normalized spacial score (nSPS) is 45.7. The number of hydrogen-bond acceptors (Lipinski definition) is 23. The third-order valence-electron chi connectivity index (χ3n) is 18.2. The molecule has 22 atom stereocenters. The van der Waals surface area contributed by atoms with Crippen LogP contribution in [0, 0.1) is 28.6 Å². The Kier molecular flexibility index (Phi) is 16.2. The Morgan fingerprint density at radius 2 is 1.47 bits per heavy atom. The zero-order chi connectivity index (χ0) is 53.9. The van der Waals surface area contributed by atoms with E-state index in [4.69, 9.17) is 47.4 Å². The molecule has 0 radical (unpaired) electrons. The van der Waals surface area contributed by atoms with Gasteiger partial charge < -0.3 is 103 Å². The van der Waals surface area contributed by atoms with Gasteiger partial charge in [-0.05, 0) is 105 Å². The van der Waals surface area contributed by atoms with Gasteiger partial charge in [-0.2, -0.15) is 0 Å². The van der Waals surface area contributed by atoms with Crippen molar-refractivity contribution in [3.05, 3.63) is 35.4 Å². The second kappa shape index (κ2) is 21.7. The van der Waals surface area contributed by atoms with Crippen molar-refractivity contribution in [2.75, 3.05) is 34.0 Å². The van der Waals surface area contributed by atoms with Gasteiger partial charge in [0, 0.05) is 30.4 Å². The van der Waals surface area contributed by atoms with E-state index in [1.165, 1.54) is 32.4 Å². The SMILES string of the molecule is COc1cc(C=CC(=O)OCC2OC(OC3C(CO)OC(OC4C(O)CC(OC5CCC6(C=O)C7CCC8(C)C(C9=CC(=O)OC9)CCC8(O)C7CCC6(O)C5)OC4C)C(O)C3O)C(O)C(O)C2O)cc(OC)c1O. The number of benzene rings is 1. The number of aldehydes is 1. The van der Waals surface area contributed by atoms with E-state index in [1.807, 2.05) is 0 Å². The Hall–Kier alpha value is -3.89. The quantitative estimate of drug-likeness (QED) is 0.0454. The average molecular weight is 1070 g/mol. The van der Waals surface area contributed by atoms with Crippen molar-refractivity contribution in [2.45, 2.75) is 181 Å². The molecule has 22 unspecified atom stereocenters. The van der Waals surface area contributed by atoms with Crippen molar-refractivity contribution in [2.24, 2.45) is 28.6 Å². The molecule has 0 bridgehead atoms. The molecule has 1 aromatic rings. The molecule has 0 spiro atoms. The summed E-state index contributed by atoms with van der Waals surface area (Å²) in [4.78, 5) is 38.0. The summed E-state index contributed by atoms with van der Waals surface area (Å²) < 4.78 is 56.6. The number of hydrogen-bond donors (Lipinski definition) is 10. The summed E-state index contributed by atoms with van der Waals surface area (Å²) >= 11 is 0. The number of esters is 2. The summed E-state index contributed by atoms with van der Waals surface area (Å²) in [5.74, 6) is -1.90. The molecule has 7 fully saturated rings. The number of aliphatic hydroxyl groups is 9. The first-order valence-electron chi connectivity index (χ1n) is 25.8. The topological polar surface area (TPSA) is 346 Å². The predicted octanol–water partition coefficient (Wildman–Crippen LogP) is -0.585. The summed E-state index contributed by atoms with van der Waals surface area (Å²) in [5.41, 5.74) is -2.87. The minimum absolute atomic E-state index is 0.0236. The fourth-order valence-corrected chi connectivity index (χ4v) is 14.1. The number of aromatic hydroxyl groups is 1. The predicted molar refractivity (Wildman–Crippen MR) is 253 cm³/mol. The Labute approximate surface area is 432 Å². The zero-order valence-corrected chi connectivity index (χ0v) is 42.3. The highest BCUT2D eigenvalue weighted by molar-refractivity contribution is 5.87. The van der Waals surface area contributed by atoms with E-state index >= 15 is 0 Å². The summed E-state index contributed by atoms with van der Waals surface area (Å²) in [6.45, 7) is 2.42. The lowest BCUT2D eigenvalue weighted by atomic mass is 9.41. The van der Waals surface area contributed by atoms with Gasteiger partial charge in [0.05, 0.1) is 55.8 Å². The molecule has 4 saturated carbocycles. The number of fused-ring (bicyclic) bond motifs is 5. The van der Waals surface area contributed by atoms with Gasteiger partial charge in [0.25, 0.3) is 0 Å². The van der Waals surface area contributed by atoms with Crippen LogP contribution in [0.1, 0.15) is 83.6 Å². The van der Waals surface area contributed by atoms with E-state index < -0.39 is 133 Å². The van der Waals surface area contributed by atoms with E-state index in [0.29, 0.717) is 50.5 Å². The van der Waals surface area contributed by atoms with Crippen molar-refractivity contribution in [1.29, 1.82) is 0 Å². The molecule has 8 aliphatic rings. The van der Waals surface area contributed by atoms with Gasteiger partial charge in [-0.15, -0.1) is 0 Å². The van der Waals surface area contributed by atoms with E-state index in [2.05, 4.69) is 6.92 Å². The van der Waals surface area contributed by atoms with Crippen LogP contribution in [0.25, 0.3) is 6.08 Å². The van der Waals surface area contributed by atoms with Crippen molar-refractivity contribution < 1.29 is 113 Å². The molecule has 23 nitrogen and oxygen atoms in total. The van der Waals surface area contributed by atoms with Crippen LogP contribution in [0.3, 0.4) is 0 Å².